The number of para-hydroxylation sites is 1. The van der Waals surface area contributed by atoms with Gasteiger partial charge in [-0.3, -0.25) is 4.99 Å². The molecule has 0 saturated heterocycles. The first kappa shape index (κ1) is 18.0. The van der Waals surface area contributed by atoms with Gasteiger partial charge in [-0.1, -0.05) is 18.2 Å². The van der Waals surface area contributed by atoms with Gasteiger partial charge in [0.05, 0.1) is 18.1 Å². The Balaban J connectivity index is 0.00000192. The van der Waals surface area contributed by atoms with Gasteiger partial charge in [-0.05, 0) is 18.6 Å². The molecule has 0 aliphatic carbocycles. The molecular weight excluding hydrogens is 423 g/mol. The molecule has 1 atom stereocenters. The summed E-state index contributed by atoms with van der Waals surface area (Å²) in [6.07, 6.45) is 2.99. The number of fused-ring (bicyclic) bond motifs is 1. The fraction of sp³-hybridized carbons (Fsp3) is 0.375. The summed E-state index contributed by atoms with van der Waals surface area (Å²) in [4.78, 5) is 9.69. The van der Waals surface area contributed by atoms with Crippen molar-refractivity contribution in [2.75, 3.05) is 13.6 Å². The van der Waals surface area contributed by atoms with E-state index in [1.54, 1.807) is 18.4 Å². The molecule has 1 aromatic heterocycles. The van der Waals surface area contributed by atoms with Gasteiger partial charge >= 0.3 is 0 Å². The van der Waals surface area contributed by atoms with Gasteiger partial charge in [0.1, 0.15) is 11.9 Å². The number of nitrogens with zero attached hydrogens (tertiary/aromatic N) is 2. The van der Waals surface area contributed by atoms with Crippen LogP contribution in [0.2, 0.25) is 0 Å². The van der Waals surface area contributed by atoms with E-state index in [2.05, 4.69) is 32.7 Å². The standard InChI is InChI=1S/C16H20N4OS.HI/c1-11-18-9-14(22-11)10-20-16(17-2)19-8-13-7-12-5-3-4-6-15(12)21-13;/h3-6,9,13H,7-8,10H2,1-2H3,(H2,17,19,20);1H. The highest BCUT2D eigenvalue weighted by Crippen LogP contribution is 2.27. The first-order chi connectivity index (χ1) is 10.7. The molecule has 3 rings (SSSR count). The Hall–Kier alpha value is -1.35. The summed E-state index contributed by atoms with van der Waals surface area (Å²) in [5.41, 5.74) is 1.28. The summed E-state index contributed by atoms with van der Waals surface area (Å²) < 4.78 is 5.91. The largest absolute Gasteiger partial charge is 0.488 e. The Labute approximate surface area is 157 Å². The monoisotopic (exact) mass is 444 g/mol. The van der Waals surface area contributed by atoms with Crippen molar-refractivity contribution < 1.29 is 4.74 Å². The number of hydrogen-bond acceptors (Lipinski definition) is 4. The van der Waals surface area contributed by atoms with Crippen molar-refractivity contribution in [2.24, 2.45) is 4.99 Å². The maximum absolute atomic E-state index is 5.91. The molecule has 7 heteroatoms. The SMILES string of the molecule is CN=C(NCc1cnc(C)s1)NCC1Cc2ccccc2O1.I. The Morgan fingerprint density at radius 3 is 2.91 bits per heavy atom. The number of aryl methyl sites for hydroxylation is 1. The van der Waals surface area contributed by atoms with E-state index in [4.69, 9.17) is 4.74 Å². The number of aromatic nitrogens is 1. The number of ether oxygens (including phenoxy) is 1. The van der Waals surface area contributed by atoms with Crippen LogP contribution in [0.4, 0.5) is 0 Å². The number of aliphatic imine (C=N–C) groups is 1. The minimum atomic E-state index is 0. The second-order valence-corrected chi connectivity index (χ2v) is 6.52. The molecule has 0 spiro atoms. The predicted molar refractivity (Wildman–Crippen MR) is 105 cm³/mol. The quantitative estimate of drug-likeness (QED) is 0.433. The van der Waals surface area contributed by atoms with E-state index in [0.717, 1.165) is 36.2 Å². The molecule has 124 valence electrons. The van der Waals surface area contributed by atoms with Crippen molar-refractivity contribution in [3.63, 3.8) is 0 Å². The first-order valence-electron chi connectivity index (χ1n) is 7.35. The Morgan fingerprint density at radius 1 is 1.39 bits per heavy atom. The molecule has 1 unspecified atom stereocenters. The van der Waals surface area contributed by atoms with Gasteiger partial charge in [-0.2, -0.15) is 0 Å². The summed E-state index contributed by atoms with van der Waals surface area (Å²) in [6, 6.07) is 8.20. The molecule has 0 fully saturated rings. The lowest BCUT2D eigenvalue weighted by Gasteiger charge is -2.15. The Kier molecular flexibility index (Phi) is 6.64. The lowest BCUT2D eigenvalue weighted by Crippen LogP contribution is -2.41. The van der Waals surface area contributed by atoms with E-state index in [1.807, 2.05) is 25.3 Å². The van der Waals surface area contributed by atoms with Crippen LogP contribution in [0.5, 0.6) is 5.75 Å². The van der Waals surface area contributed by atoms with Gasteiger partial charge in [-0.25, -0.2) is 4.98 Å². The van der Waals surface area contributed by atoms with E-state index in [-0.39, 0.29) is 30.1 Å². The number of thiazole rings is 1. The number of benzene rings is 1. The average Bonchev–Trinajstić information content (AvgIpc) is 3.13. The zero-order chi connectivity index (χ0) is 15.4. The highest BCUT2D eigenvalue weighted by Gasteiger charge is 2.22. The first-order valence-corrected chi connectivity index (χ1v) is 8.16. The van der Waals surface area contributed by atoms with Gasteiger partial charge < -0.3 is 15.4 Å². The van der Waals surface area contributed by atoms with Crippen molar-refractivity contribution in [3.05, 3.63) is 45.9 Å². The van der Waals surface area contributed by atoms with E-state index < -0.39 is 0 Å². The maximum atomic E-state index is 5.91. The van der Waals surface area contributed by atoms with Gasteiger partial charge in [0.25, 0.3) is 0 Å². The van der Waals surface area contributed by atoms with Crippen LogP contribution in [0.3, 0.4) is 0 Å². The third-order valence-corrected chi connectivity index (χ3v) is 4.45. The van der Waals surface area contributed by atoms with Crippen LogP contribution in [-0.4, -0.2) is 30.6 Å². The van der Waals surface area contributed by atoms with E-state index in [9.17, 15) is 0 Å². The van der Waals surface area contributed by atoms with Crippen LogP contribution in [0.1, 0.15) is 15.4 Å². The molecule has 0 bridgehead atoms. The molecule has 0 saturated carbocycles. The lowest BCUT2D eigenvalue weighted by atomic mass is 10.1. The van der Waals surface area contributed by atoms with Gasteiger partial charge in [0.2, 0.25) is 0 Å². The van der Waals surface area contributed by atoms with Crippen molar-refractivity contribution >= 4 is 41.3 Å². The minimum Gasteiger partial charge on any atom is -0.488 e. The third-order valence-electron chi connectivity index (χ3n) is 3.53. The van der Waals surface area contributed by atoms with Gasteiger partial charge in [-0.15, -0.1) is 35.3 Å². The normalized spacial score (nSPS) is 16.3. The molecule has 0 amide bonds. The van der Waals surface area contributed by atoms with Crippen LogP contribution in [0, 0.1) is 6.92 Å². The number of halogens is 1. The molecular formula is C16H21IN4OS. The molecule has 2 N–H and O–H groups in total. The summed E-state index contributed by atoms with van der Waals surface area (Å²) in [6.45, 7) is 3.48. The average molecular weight is 444 g/mol. The van der Waals surface area contributed by atoms with Crippen LogP contribution in [-0.2, 0) is 13.0 Å². The third kappa shape index (κ3) is 4.81. The summed E-state index contributed by atoms with van der Waals surface area (Å²) in [5, 5.41) is 7.70. The summed E-state index contributed by atoms with van der Waals surface area (Å²) in [7, 11) is 1.78. The van der Waals surface area contributed by atoms with Crippen LogP contribution < -0.4 is 15.4 Å². The van der Waals surface area contributed by atoms with Gasteiger partial charge in [0, 0.05) is 24.5 Å². The minimum absolute atomic E-state index is 0. The smallest absolute Gasteiger partial charge is 0.191 e. The number of nitrogens with one attached hydrogen (secondary N) is 2. The lowest BCUT2D eigenvalue weighted by molar-refractivity contribution is 0.235. The number of hydrogen-bond donors (Lipinski definition) is 2. The Morgan fingerprint density at radius 2 is 2.22 bits per heavy atom. The van der Waals surface area contributed by atoms with Crippen molar-refractivity contribution in [2.45, 2.75) is 26.0 Å². The predicted octanol–water partition coefficient (Wildman–Crippen LogP) is 2.74. The highest BCUT2D eigenvalue weighted by atomic mass is 127. The number of guanidine groups is 1. The second kappa shape index (κ2) is 8.49. The second-order valence-electron chi connectivity index (χ2n) is 5.20. The molecule has 0 radical (unpaired) electrons. The molecule has 23 heavy (non-hydrogen) atoms. The van der Waals surface area contributed by atoms with Crippen molar-refractivity contribution in [1.82, 2.24) is 15.6 Å². The summed E-state index contributed by atoms with van der Waals surface area (Å²) >= 11 is 1.69. The fourth-order valence-corrected chi connectivity index (χ4v) is 3.19. The molecule has 2 aromatic rings. The zero-order valence-corrected chi connectivity index (χ0v) is 16.4. The van der Waals surface area contributed by atoms with Crippen LogP contribution >= 0.6 is 35.3 Å². The molecule has 2 heterocycles. The van der Waals surface area contributed by atoms with Crippen LogP contribution in [0.25, 0.3) is 0 Å². The van der Waals surface area contributed by atoms with Crippen molar-refractivity contribution in [3.8, 4) is 5.75 Å². The Bertz CT molecular complexity index is 649. The van der Waals surface area contributed by atoms with Crippen LogP contribution in [0.15, 0.2) is 35.5 Å². The van der Waals surface area contributed by atoms with E-state index in [1.165, 1.54) is 10.4 Å². The zero-order valence-electron chi connectivity index (χ0n) is 13.2. The molecule has 1 aliphatic rings. The topological polar surface area (TPSA) is 58.5 Å². The number of rotatable bonds is 4. The molecule has 1 aliphatic heterocycles. The molecule has 1 aromatic carbocycles. The van der Waals surface area contributed by atoms with E-state index >= 15 is 0 Å². The fourth-order valence-electron chi connectivity index (χ4n) is 2.46. The molecule has 5 nitrogen and oxygen atoms in total. The van der Waals surface area contributed by atoms with Crippen molar-refractivity contribution in [1.29, 1.82) is 0 Å². The summed E-state index contributed by atoms with van der Waals surface area (Å²) in [5.74, 6) is 1.78. The van der Waals surface area contributed by atoms with E-state index in [0.29, 0.717) is 0 Å². The van der Waals surface area contributed by atoms with Gasteiger partial charge in [0.15, 0.2) is 5.96 Å². The highest BCUT2D eigenvalue weighted by molar-refractivity contribution is 14.0. The maximum Gasteiger partial charge on any atom is 0.191 e.